The summed E-state index contributed by atoms with van der Waals surface area (Å²) in [5.41, 5.74) is 0. The second-order valence-corrected chi connectivity index (χ2v) is 7.76. The van der Waals surface area contributed by atoms with Crippen LogP contribution in [0.4, 0.5) is 0 Å². The van der Waals surface area contributed by atoms with Crippen molar-refractivity contribution in [3.05, 3.63) is 0 Å². The summed E-state index contributed by atoms with van der Waals surface area (Å²) in [5.74, 6) is 0.542. The quantitative estimate of drug-likeness (QED) is 0.656. The van der Waals surface area contributed by atoms with Gasteiger partial charge >= 0.3 is 5.97 Å². The van der Waals surface area contributed by atoms with Gasteiger partial charge in [-0.3, -0.25) is 4.79 Å². The summed E-state index contributed by atoms with van der Waals surface area (Å²) in [7, 11) is -3.42. The molecular weight excluding hydrogens is 294 g/mol. The Morgan fingerprint density at radius 1 is 1.29 bits per heavy atom. The number of nitrogens with zero attached hydrogens (tertiary/aromatic N) is 1. The normalized spacial score (nSPS) is 33.7. The summed E-state index contributed by atoms with van der Waals surface area (Å²) in [4.78, 5) is 11.7. The van der Waals surface area contributed by atoms with E-state index in [1.165, 1.54) is 4.31 Å². The molecule has 2 heterocycles. The average molecular weight is 317 g/mol. The van der Waals surface area contributed by atoms with Crippen LogP contribution in [0.3, 0.4) is 0 Å². The number of nitrogens with one attached hydrogen (secondary N) is 2. The number of piperidine rings is 2. The Bertz CT molecular complexity index is 492. The monoisotopic (exact) mass is 317 g/mol. The molecule has 120 valence electrons. The van der Waals surface area contributed by atoms with Crippen molar-refractivity contribution in [1.82, 2.24) is 14.3 Å². The highest BCUT2D eigenvalue weighted by molar-refractivity contribution is 7.87. The fourth-order valence-corrected chi connectivity index (χ4v) is 4.97. The number of hydrogen-bond acceptors (Lipinski definition) is 5. The van der Waals surface area contributed by atoms with Gasteiger partial charge in [0.05, 0.1) is 12.5 Å². The van der Waals surface area contributed by atoms with Crippen molar-refractivity contribution in [3.63, 3.8) is 0 Å². The molecule has 0 radical (unpaired) electrons. The van der Waals surface area contributed by atoms with Crippen LogP contribution in [-0.2, 0) is 19.7 Å². The third-order valence-corrected chi connectivity index (χ3v) is 6.41. The summed E-state index contributed by atoms with van der Waals surface area (Å²) in [6, 6.07) is 0.0963. The summed E-state index contributed by atoms with van der Waals surface area (Å²) in [6.45, 7) is 4.74. The molecular formula is C13H23N3O4S. The highest BCUT2D eigenvalue weighted by Crippen LogP contribution is 2.42. The van der Waals surface area contributed by atoms with Crippen molar-refractivity contribution < 1.29 is 17.9 Å². The Hall–Kier alpha value is -0.700. The second-order valence-electron chi connectivity index (χ2n) is 6.06. The topological polar surface area (TPSA) is 87.7 Å². The van der Waals surface area contributed by atoms with E-state index in [2.05, 4.69) is 10.0 Å². The van der Waals surface area contributed by atoms with E-state index in [1.54, 1.807) is 6.92 Å². The Morgan fingerprint density at radius 3 is 2.48 bits per heavy atom. The van der Waals surface area contributed by atoms with E-state index in [0.717, 1.165) is 13.1 Å². The lowest BCUT2D eigenvalue weighted by atomic mass is 9.98. The third kappa shape index (κ3) is 3.08. The molecule has 7 nitrogen and oxygen atoms in total. The molecule has 0 aromatic heterocycles. The standard InChI is InChI=1S/C13H23N3O4S/c1-2-20-13(17)9-3-5-16(6-4-9)21(18,19)15-12-10-7-14-8-11(10)12/h9-12,14-15H,2-8H2,1H3/t10-,11-/m0/s1. The van der Waals surface area contributed by atoms with Crippen molar-refractivity contribution in [2.24, 2.45) is 17.8 Å². The smallest absolute Gasteiger partial charge is 0.309 e. The number of rotatable bonds is 5. The van der Waals surface area contributed by atoms with Gasteiger partial charge in [-0.2, -0.15) is 17.4 Å². The van der Waals surface area contributed by atoms with Crippen LogP contribution in [0.5, 0.6) is 0 Å². The molecule has 0 spiro atoms. The fourth-order valence-electron chi connectivity index (χ4n) is 3.43. The first-order chi connectivity index (χ1) is 10.0. The van der Waals surface area contributed by atoms with E-state index >= 15 is 0 Å². The summed E-state index contributed by atoms with van der Waals surface area (Å²) >= 11 is 0. The van der Waals surface area contributed by atoms with Crippen molar-refractivity contribution in [1.29, 1.82) is 0 Å². The number of carbonyl (C=O) groups excluding carboxylic acids is 1. The number of ether oxygens (including phenoxy) is 1. The van der Waals surface area contributed by atoms with Gasteiger partial charge in [0, 0.05) is 19.1 Å². The lowest BCUT2D eigenvalue weighted by molar-refractivity contribution is -0.149. The molecule has 1 saturated carbocycles. The van der Waals surface area contributed by atoms with Gasteiger partial charge in [0.1, 0.15) is 0 Å². The van der Waals surface area contributed by atoms with Gasteiger partial charge in [-0.15, -0.1) is 0 Å². The van der Waals surface area contributed by atoms with Crippen LogP contribution in [0.2, 0.25) is 0 Å². The molecule has 2 atom stereocenters. The van der Waals surface area contributed by atoms with Gasteiger partial charge in [-0.25, -0.2) is 0 Å². The Kier molecular flexibility index (Phi) is 4.22. The minimum Gasteiger partial charge on any atom is -0.466 e. The van der Waals surface area contributed by atoms with Crippen LogP contribution in [-0.4, -0.2) is 57.5 Å². The molecule has 0 unspecified atom stereocenters. The van der Waals surface area contributed by atoms with Crippen molar-refractivity contribution in [3.8, 4) is 0 Å². The summed E-state index contributed by atoms with van der Waals surface area (Å²) < 4.78 is 34.0. The summed E-state index contributed by atoms with van der Waals surface area (Å²) in [6.07, 6.45) is 1.08. The third-order valence-electron chi connectivity index (χ3n) is 4.79. The second kappa shape index (κ2) is 5.83. The first-order valence-electron chi connectivity index (χ1n) is 7.67. The first kappa shape index (κ1) is 15.2. The van der Waals surface area contributed by atoms with E-state index in [4.69, 9.17) is 4.74 Å². The minimum atomic E-state index is -3.42. The minimum absolute atomic E-state index is 0.0963. The van der Waals surface area contributed by atoms with Crippen LogP contribution in [0.25, 0.3) is 0 Å². The largest absolute Gasteiger partial charge is 0.466 e. The van der Waals surface area contributed by atoms with Crippen LogP contribution < -0.4 is 10.0 Å². The molecule has 2 aliphatic heterocycles. The molecule has 8 heteroatoms. The number of fused-ring (bicyclic) bond motifs is 1. The molecule has 2 N–H and O–H groups in total. The highest BCUT2D eigenvalue weighted by Gasteiger charge is 2.55. The van der Waals surface area contributed by atoms with Gasteiger partial charge in [-0.05, 0) is 44.7 Å². The van der Waals surface area contributed by atoms with E-state index < -0.39 is 10.2 Å². The molecule has 1 aliphatic carbocycles. The van der Waals surface area contributed by atoms with Gasteiger partial charge in [0.2, 0.25) is 0 Å². The van der Waals surface area contributed by atoms with Gasteiger partial charge in [0.25, 0.3) is 10.2 Å². The molecule has 0 aromatic rings. The molecule has 3 aliphatic rings. The lowest BCUT2D eigenvalue weighted by Crippen LogP contribution is -2.47. The molecule has 21 heavy (non-hydrogen) atoms. The maximum Gasteiger partial charge on any atom is 0.309 e. The SMILES string of the molecule is CCOC(=O)C1CCN(S(=O)(=O)NC2[C@H]3CNC[C@H]23)CC1. The predicted octanol–water partition coefficient (Wildman–Crippen LogP) is -0.686. The van der Waals surface area contributed by atoms with Gasteiger partial charge in [0.15, 0.2) is 0 Å². The molecule has 0 bridgehead atoms. The Morgan fingerprint density at radius 2 is 1.90 bits per heavy atom. The molecule has 3 rings (SSSR count). The number of esters is 1. The molecule has 2 saturated heterocycles. The van der Waals surface area contributed by atoms with Crippen molar-refractivity contribution in [2.75, 3.05) is 32.8 Å². The zero-order chi connectivity index (χ0) is 15.0. The number of hydrogen-bond donors (Lipinski definition) is 2. The van der Waals surface area contributed by atoms with Crippen LogP contribution in [0.15, 0.2) is 0 Å². The van der Waals surface area contributed by atoms with Crippen LogP contribution in [0, 0.1) is 17.8 Å². The van der Waals surface area contributed by atoms with Crippen molar-refractivity contribution in [2.45, 2.75) is 25.8 Å². The van der Waals surface area contributed by atoms with Gasteiger partial charge in [-0.1, -0.05) is 0 Å². The number of carbonyl (C=O) groups is 1. The maximum absolute atomic E-state index is 12.3. The van der Waals surface area contributed by atoms with E-state index in [0.29, 0.717) is 44.4 Å². The van der Waals surface area contributed by atoms with E-state index in [-0.39, 0.29) is 17.9 Å². The highest BCUT2D eigenvalue weighted by atomic mass is 32.2. The predicted molar refractivity (Wildman–Crippen MR) is 76.6 cm³/mol. The van der Waals surface area contributed by atoms with Crippen LogP contribution in [0.1, 0.15) is 19.8 Å². The molecule has 0 aromatic carbocycles. The molecule has 0 amide bonds. The van der Waals surface area contributed by atoms with E-state index in [9.17, 15) is 13.2 Å². The zero-order valence-electron chi connectivity index (χ0n) is 12.2. The van der Waals surface area contributed by atoms with Crippen LogP contribution >= 0.6 is 0 Å². The molecule has 3 fully saturated rings. The average Bonchev–Trinajstić information content (AvgIpc) is 2.89. The van der Waals surface area contributed by atoms with Crippen molar-refractivity contribution >= 4 is 16.2 Å². The Labute approximate surface area is 125 Å². The van der Waals surface area contributed by atoms with E-state index in [1.807, 2.05) is 0 Å². The maximum atomic E-state index is 12.3. The van der Waals surface area contributed by atoms with Gasteiger partial charge < -0.3 is 10.1 Å². The first-order valence-corrected chi connectivity index (χ1v) is 9.11. The fraction of sp³-hybridized carbons (Fsp3) is 0.923. The Balaban J connectivity index is 1.50. The lowest BCUT2D eigenvalue weighted by Gasteiger charge is -2.30. The zero-order valence-corrected chi connectivity index (χ0v) is 13.1. The summed E-state index contributed by atoms with van der Waals surface area (Å²) in [5, 5.41) is 3.25.